The van der Waals surface area contributed by atoms with Crippen LogP contribution >= 0.6 is 0 Å². The molecule has 1 fully saturated rings. The lowest BCUT2D eigenvalue weighted by Gasteiger charge is -2.26. The number of rotatable bonds is 4. The molecule has 0 aliphatic heterocycles. The maximum atomic E-state index is 10.7. The molecule has 1 aromatic heterocycles. The molecule has 0 amide bonds. The molecular weight excluding hydrogens is 184 g/mol. The highest BCUT2D eigenvalue weighted by Crippen LogP contribution is 2.18. The Balaban J connectivity index is 1.94. The Morgan fingerprint density at radius 1 is 1.57 bits per heavy atom. The van der Waals surface area contributed by atoms with Crippen molar-refractivity contribution in [2.45, 2.75) is 31.8 Å². The van der Waals surface area contributed by atoms with Gasteiger partial charge in [0.25, 0.3) is 0 Å². The summed E-state index contributed by atoms with van der Waals surface area (Å²) in [5.41, 5.74) is 0.487. The Labute approximate surface area is 80.7 Å². The van der Waals surface area contributed by atoms with E-state index >= 15 is 0 Å². The standard InChI is InChI=1S/C8H12N4O2/c13-8(14)7-6(10-12-11-7)4-9-5-2-1-3-5/h5,9H,1-4H2,(H,13,14)(H,10,11,12). The molecule has 76 valence electrons. The van der Waals surface area contributed by atoms with Crippen molar-refractivity contribution in [3.05, 3.63) is 11.4 Å². The summed E-state index contributed by atoms with van der Waals surface area (Å²) in [6.07, 6.45) is 3.59. The Bertz CT molecular complexity index is 332. The van der Waals surface area contributed by atoms with E-state index in [-0.39, 0.29) is 5.69 Å². The molecule has 0 radical (unpaired) electrons. The quantitative estimate of drug-likeness (QED) is 0.637. The van der Waals surface area contributed by atoms with Gasteiger partial charge in [0.1, 0.15) is 5.69 Å². The molecule has 14 heavy (non-hydrogen) atoms. The molecule has 0 bridgehead atoms. The number of hydrogen-bond donors (Lipinski definition) is 3. The van der Waals surface area contributed by atoms with Crippen LogP contribution in [0.25, 0.3) is 0 Å². The lowest BCUT2D eigenvalue weighted by Crippen LogP contribution is -2.34. The SMILES string of the molecule is O=C(O)c1n[nH]nc1CNC1CCC1. The molecule has 1 aliphatic rings. The van der Waals surface area contributed by atoms with Crippen LogP contribution in [-0.2, 0) is 6.54 Å². The molecule has 3 N–H and O–H groups in total. The maximum Gasteiger partial charge on any atom is 0.358 e. The summed E-state index contributed by atoms with van der Waals surface area (Å²) in [4.78, 5) is 10.7. The normalized spacial score (nSPS) is 16.6. The first-order valence-electron chi connectivity index (χ1n) is 4.63. The molecule has 1 aliphatic carbocycles. The van der Waals surface area contributed by atoms with Gasteiger partial charge in [-0.15, -0.1) is 5.10 Å². The molecule has 0 spiro atoms. The molecule has 6 heteroatoms. The van der Waals surface area contributed by atoms with Gasteiger partial charge in [-0.25, -0.2) is 4.79 Å². The average molecular weight is 196 g/mol. The van der Waals surface area contributed by atoms with Crippen molar-refractivity contribution in [2.24, 2.45) is 0 Å². The van der Waals surface area contributed by atoms with Crippen molar-refractivity contribution in [1.29, 1.82) is 0 Å². The van der Waals surface area contributed by atoms with Gasteiger partial charge in [0.05, 0.1) is 0 Å². The van der Waals surface area contributed by atoms with Crippen LogP contribution in [-0.4, -0.2) is 32.5 Å². The molecule has 6 nitrogen and oxygen atoms in total. The lowest BCUT2D eigenvalue weighted by molar-refractivity contribution is 0.0689. The smallest absolute Gasteiger partial charge is 0.358 e. The molecule has 0 unspecified atom stereocenters. The molecule has 1 saturated carbocycles. The largest absolute Gasteiger partial charge is 0.476 e. The minimum Gasteiger partial charge on any atom is -0.476 e. The minimum absolute atomic E-state index is 0.0109. The van der Waals surface area contributed by atoms with Gasteiger partial charge in [0.2, 0.25) is 0 Å². The predicted molar refractivity (Wildman–Crippen MR) is 47.8 cm³/mol. The second-order valence-electron chi connectivity index (χ2n) is 3.43. The molecular formula is C8H12N4O2. The van der Waals surface area contributed by atoms with Crippen LogP contribution in [0, 0.1) is 0 Å². The minimum atomic E-state index is -1.04. The van der Waals surface area contributed by atoms with Gasteiger partial charge in [-0.05, 0) is 12.8 Å². The second-order valence-corrected chi connectivity index (χ2v) is 3.43. The average Bonchev–Trinajstić information content (AvgIpc) is 2.49. The van der Waals surface area contributed by atoms with Crippen molar-refractivity contribution >= 4 is 5.97 Å². The van der Waals surface area contributed by atoms with E-state index in [2.05, 4.69) is 20.7 Å². The van der Waals surface area contributed by atoms with Gasteiger partial charge in [0.15, 0.2) is 5.69 Å². The molecule has 2 rings (SSSR count). The van der Waals surface area contributed by atoms with Crippen molar-refractivity contribution in [2.75, 3.05) is 0 Å². The van der Waals surface area contributed by atoms with E-state index in [1.165, 1.54) is 19.3 Å². The first-order valence-corrected chi connectivity index (χ1v) is 4.63. The van der Waals surface area contributed by atoms with Gasteiger partial charge in [-0.3, -0.25) is 0 Å². The van der Waals surface area contributed by atoms with Crippen molar-refractivity contribution in [3.63, 3.8) is 0 Å². The first kappa shape index (κ1) is 9.14. The van der Waals surface area contributed by atoms with E-state index < -0.39 is 5.97 Å². The third kappa shape index (κ3) is 1.74. The van der Waals surface area contributed by atoms with Gasteiger partial charge >= 0.3 is 5.97 Å². The Kier molecular flexibility index (Phi) is 2.45. The molecule has 0 saturated heterocycles. The summed E-state index contributed by atoms with van der Waals surface area (Å²) in [6.45, 7) is 0.475. The highest BCUT2D eigenvalue weighted by atomic mass is 16.4. The van der Waals surface area contributed by atoms with Gasteiger partial charge in [-0.2, -0.15) is 10.3 Å². The zero-order valence-corrected chi connectivity index (χ0v) is 7.66. The fourth-order valence-corrected chi connectivity index (χ4v) is 1.40. The van der Waals surface area contributed by atoms with Crippen molar-refractivity contribution < 1.29 is 9.90 Å². The number of aromatic nitrogens is 3. The molecule has 0 atom stereocenters. The van der Waals surface area contributed by atoms with E-state index in [9.17, 15) is 4.79 Å². The number of aromatic amines is 1. The van der Waals surface area contributed by atoms with E-state index in [1.54, 1.807) is 0 Å². The molecule has 0 aromatic carbocycles. The lowest BCUT2D eigenvalue weighted by atomic mass is 9.93. The fourth-order valence-electron chi connectivity index (χ4n) is 1.40. The first-order chi connectivity index (χ1) is 6.77. The molecule has 1 aromatic rings. The Hall–Kier alpha value is -1.43. The number of nitrogens with zero attached hydrogens (tertiary/aromatic N) is 2. The van der Waals surface area contributed by atoms with Crippen LogP contribution < -0.4 is 5.32 Å². The summed E-state index contributed by atoms with van der Waals surface area (Å²) in [7, 11) is 0. The van der Waals surface area contributed by atoms with Crippen LogP contribution in [0.5, 0.6) is 0 Å². The highest BCUT2D eigenvalue weighted by molar-refractivity contribution is 5.86. The monoisotopic (exact) mass is 196 g/mol. The third-order valence-corrected chi connectivity index (χ3v) is 2.49. The summed E-state index contributed by atoms with van der Waals surface area (Å²) < 4.78 is 0. The fraction of sp³-hybridized carbons (Fsp3) is 0.625. The third-order valence-electron chi connectivity index (χ3n) is 2.49. The summed E-state index contributed by atoms with van der Waals surface area (Å²) in [5, 5.41) is 21.6. The van der Waals surface area contributed by atoms with E-state index in [1.807, 2.05) is 0 Å². The maximum absolute atomic E-state index is 10.7. The highest BCUT2D eigenvalue weighted by Gasteiger charge is 2.19. The zero-order valence-electron chi connectivity index (χ0n) is 7.66. The summed E-state index contributed by atoms with van der Waals surface area (Å²) >= 11 is 0. The van der Waals surface area contributed by atoms with Gasteiger partial charge in [-0.1, -0.05) is 6.42 Å². The van der Waals surface area contributed by atoms with Gasteiger partial charge in [0, 0.05) is 12.6 Å². The van der Waals surface area contributed by atoms with Crippen LogP contribution in [0.1, 0.15) is 35.4 Å². The predicted octanol–water partition coefficient (Wildman–Crippen LogP) is 0.145. The summed E-state index contributed by atoms with van der Waals surface area (Å²) in [6, 6.07) is 0.522. The van der Waals surface area contributed by atoms with Crippen LogP contribution in [0.15, 0.2) is 0 Å². The van der Waals surface area contributed by atoms with E-state index in [4.69, 9.17) is 5.11 Å². The zero-order chi connectivity index (χ0) is 9.97. The van der Waals surface area contributed by atoms with Gasteiger partial charge < -0.3 is 10.4 Å². The van der Waals surface area contributed by atoms with Crippen molar-refractivity contribution in [1.82, 2.24) is 20.7 Å². The van der Waals surface area contributed by atoms with Crippen molar-refractivity contribution in [3.8, 4) is 0 Å². The second kappa shape index (κ2) is 3.75. The van der Waals surface area contributed by atoms with Crippen LogP contribution in [0.4, 0.5) is 0 Å². The van der Waals surface area contributed by atoms with E-state index in [0.29, 0.717) is 18.3 Å². The number of H-pyrrole nitrogens is 1. The Morgan fingerprint density at radius 3 is 2.93 bits per heavy atom. The Morgan fingerprint density at radius 2 is 2.36 bits per heavy atom. The molecule has 1 heterocycles. The topological polar surface area (TPSA) is 90.9 Å². The number of hydrogen-bond acceptors (Lipinski definition) is 4. The number of carboxylic acid groups (broad SMARTS) is 1. The number of carboxylic acids is 1. The summed E-state index contributed by atoms with van der Waals surface area (Å²) in [5.74, 6) is -1.04. The number of carbonyl (C=O) groups is 1. The number of aromatic carboxylic acids is 1. The number of nitrogens with one attached hydrogen (secondary N) is 2. The van der Waals surface area contributed by atoms with E-state index in [0.717, 1.165) is 0 Å². The van der Waals surface area contributed by atoms with Crippen LogP contribution in [0.3, 0.4) is 0 Å². The van der Waals surface area contributed by atoms with Crippen LogP contribution in [0.2, 0.25) is 0 Å².